The molecule has 1 aliphatic rings. The van der Waals surface area contributed by atoms with Crippen molar-refractivity contribution < 1.29 is 23.7 Å². The third-order valence-corrected chi connectivity index (χ3v) is 5.61. The van der Waals surface area contributed by atoms with Crippen molar-refractivity contribution in [2.24, 2.45) is 0 Å². The van der Waals surface area contributed by atoms with Crippen molar-refractivity contribution in [1.29, 1.82) is 0 Å². The summed E-state index contributed by atoms with van der Waals surface area (Å²) >= 11 is 0. The molecule has 0 saturated heterocycles. The molecule has 0 bridgehead atoms. The molecular weight excluding hydrogens is 398 g/mol. The Morgan fingerprint density at radius 1 is 1.06 bits per heavy atom. The first kappa shape index (κ1) is 21.2. The minimum absolute atomic E-state index is 0.101. The first-order valence-electron chi connectivity index (χ1n) is 10.4. The number of fused-ring (bicyclic) bond motifs is 3. The van der Waals surface area contributed by atoms with E-state index in [1.54, 1.807) is 32.4 Å². The van der Waals surface area contributed by atoms with Crippen LogP contribution in [0.15, 0.2) is 45.8 Å². The minimum atomic E-state index is -0.101. The SMILES string of the molecule is COc1ccc(-c2coc3c4c(ccc3c2=O)OCN(CCCCCO)C4)cc1OC. The molecule has 2 aromatic carbocycles. The largest absolute Gasteiger partial charge is 0.493 e. The predicted octanol–water partition coefficient (Wildman–Crippen LogP) is 3.79. The van der Waals surface area contributed by atoms with Crippen LogP contribution in [0.5, 0.6) is 17.2 Å². The maximum atomic E-state index is 13.3. The molecule has 0 spiro atoms. The van der Waals surface area contributed by atoms with Gasteiger partial charge in [-0.1, -0.05) is 6.07 Å². The summed E-state index contributed by atoms with van der Waals surface area (Å²) in [5.74, 6) is 1.90. The number of rotatable bonds is 8. The van der Waals surface area contributed by atoms with Gasteiger partial charge in [-0.05, 0) is 49.1 Å². The van der Waals surface area contributed by atoms with Crippen LogP contribution in [-0.2, 0) is 6.54 Å². The Kier molecular flexibility index (Phi) is 6.44. The van der Waals surface area contributed by atoms with Crippen molar-refractivity contribution in [3.63, 3.8) is 0 Å². The van der Waals surface area contributed by atoms with Crippen LogP contribution in [0.3, 0.4) is 0 Å². The fraction of sp³-hybridized carbons (Fsp3) is 0.375. The van der Waals surface area contributed by atoms with Crippen molar-refractivity contribution in [2.75, 3.05) is 34.1 Å². The molecule has 3 aromatic rings. The van der Waals surface area contributed by atoms with Gasteiger partial charge in [-0.15, -0.1) is 0 Å². The van der Waals surface area contributed by atoms with E-state index >= 15 is 0 Å². The molecule has 0 radical (unpaired) electrons. The number of benzene rings is 2. The van der Waals surface area contributed by atoms with E-state index in [1.807, 2.05) is 12.1 Å². The van der Waals surface area contributed by atoms with Gasteiger partial charge in [0.05, 0.1) is 30.7 Å². The zero-order valence-corrected chi connectivity index (χ0v) is 17.8. The molecule has 7 heteroatoms. The average Bonchev–Trinajstić information content (AvgIpc) is 2.81. The molecule has 0 saturated carbocycles. The highest BCUT2D eigenvalue weighted by Crippen LogP contribution is 2.34. The number of unbranched alkanes of at least 4 members (excludes halogenated alkanes) is 2. The molecule has 164 valence electrons. The lowest BCUT2D eigenvalue weighted by atomic mass is 10.0. The van der Waals surface area contributed by atoms with E-state index < -0.39 is 0 Å². The van der Waals surface area contributed by atoms with E-state index in [-0.39, 0.29) is 12.0 Å². The number of aliphatic hydroxyl groups is 1. The topological polar surface area (TPSA) is 81.4 Å². The number of ether oxygens (including phenoxy) is 3. The highest BCUT2D eigenvalue weighted by molar-refractivity contribution is 5.86. The molecule has 0 amide bonds. The van der Waals surface area contributed by atoms with Gasteiger partial charge in [0.1, 0.15) is 24.3 Å². The zero-order chi connectivity index (χ0) is 21.8. The summed E-state index contributed by atoms with van der Waals surface area (Å²) in [6.45, 7) is 2.25. The smallest absolute Gasteiger partial charge is 0.200 e. The van der Waals surface area contributed by atoms with Gasteiger partial charge in [0.2, 0.25) is 5.43 Å². The first-order chi connectivity index (χ1) is 15.2. The molecular formula is C24H27NO6. The van der Waals surface area contributed by atoms with Gasteiger partial charge >= 0.3 is 0 Å². The van der Waals surface area contributed by atoms with Gasteiger partial charge in [0, 0.05) is 19.7 Å². The Morgan fingerprint density at radius 3 is 2.68 bits per heavy atom. The molecule has 1 aliphatic heterocycles. The van der Waals surface area contributed by atoms with Crippen LogP contribution in [-0.4, -0.2) is 44.1 Å². The standard InChI is InChI=1S/C24H27NO6/c1-28-21-8-6-16(12-22(21)29-2)19-14-30-24-17(23(19)27)7-9-20-18(24)13-25(15-31-20)10-4-3-5-11-26/h6-9,12,14,26H,3-5,10-11,13,15H2,1-2H3. The molecule has 0 atom stereocenters. The highest BCUT2D eigenvalue weighted by atomic mass is 16.5. The highest BCUT2D eigenvalue weighted by Gasteiger charge is 2.22. The van der Waals surface area contributed by atoms with E-state index in [0.717, 1.165) is 37.1 Å². The van der Waals surface area contributed by atoms with Crippen LogP contribution in [0.1, 0.15) is 24.8 Å². The molecule has 31 heavy (non-hydrogen) atoms. The lowest BCUT2D eigenvalue weighted by molar-refractivity contribution is 0.0933. The van der Waals surface area contributed by atoms with Crippen molar-refractivity contribution in [3.8, 4) is 28.4 Å². The summed E-state index contributed by atoms with van der Waals surface area (Å²) in [6, 6.07) is 8.96. The van der Waals surface area contributed by atoms with Gasteiger partial charge in [0.15, 0.2) is 11.5 Å². The lowest BCUT2D eigenvalue weighted by Crippen LogP contribution is -2.33. The molecule has 7 nitrogen and oxygen atoms in total. The van der Waals surface area contributed by atoms with Crippen molar-refractivity contribution in [3.05, 3.63) is 52.4 Å². The van der Waals surface area contributed by atoms with Crippen LogP contribution < -0.4 is 19.6 Å². The zero-order valence-electron chi connectivity index (χ0n) is 17.8. The van der Waals surface area contributed by atoms with Gasteiger partial charge in [-0.25, -0.2) is 0 Å². The Labute approximate surface area is 180 Å². The van der Waals surface area contributed by atoms with Gasteiger partial charge in [-0.3, -0.25) is 9.69 Å². The number of hydrogen-bond acceptors (Lipinski definition) is 7. The third kappa shape index (κ3) is 4.24. The van der Waals surface area contributed by atoms with Crippen LogP contribution in [0.4, 0.5) is 0 Å². The summed E-state index contributed by atoms with van der Waals surface area (Å²) in [5.41, 5.74) is 2.52. The predicted molar refractivity (Wildman–Crippen MR) is 118 cm³/mol. The first-order valence-corrected chi connectivity index (χ1v) is 10.4. The maximum Gasteiger partial charge on any atom is 0.200 e. The van der Waals surface area contributed by atoms with E-state index in [0.29, 0.717) is 46.9 Å². The Bertz CT molecular complexity index is 1120. The Balaban J connectivity index is 1.67. The van der Waals surface area contributed by atoms with Gasteiger partial charge in [0.25, 0.3) is 0 Å². The van der Waals surface area contributed by atoms with Crippen molar-refractivity contribution in [1.82, 2.24) is 4.90 Å². The Hall–Kier alpha value is -3.03. The molecule has 1 aromatic heterocycles. The third-order valence-electron chi connectivity index (χ3n) is 5.61. The van der Waals surface area contributed by atoms with Gasteiger partial charge < -0.3 is 23.7 Å². The number of hydrogen-bond donors (Lipinski definition) is 1. The second kappa shape index (κ2) is 9.41. The quantitative estimate of drug-likeness (QED) is 0.550. The molecule has 4 rings (SSSR count). The van der Waals surface area contributed by atoms with Crippen LogP contribution in [0.2, 0.25) is 0 Å². The van der Waals surface area contributed by atoms with Crippen molar-refractivity contribution >= 4 is 11.0 Å². The summed E-state index contributed by atoms with van der Waals surface area (Å²) in [6.07, 6.45) is 4.27. The second-order valence-electron chi connectivity index (χ2n) is 7.58. The normalized spacial score (nSPS) is 13.6. The number of nitrogens with zero attached hydrogens (tertiary/aromatic N) is 1. The summed E-state index contributed by atoms with van der Waals surface area (Å²) < 4.78 is 22.5. The molecule has 0 aliphatic carbocycles. The van der Waals surface area contributed by atoms with Crippen LogP contribution in [0, 0.1) is 0 Å². The van der Waals surface area contributed by atoms with Crippen molar-refractivity contribution in [2.45, 2.75) is 25.8 Å². The fourth-order valence-corrected chi connectivity index (χ4v) is 3.93. The molecule has 1 N–H and O–H groups in total. The number of methoxy groups -OCH3 is 2. The Morgan fingerprint density at radius 2 is 1.90 bits per heavy atom. The number of aliphatic hydroxyl groups excluding tert-OH is 1. The van der Waals surface area contributed by atoms with E-state index in [2.05, 4.69) is 4.90 Å². The molecule has 2 heterocycles. The minimum Gasteiger partial charge on any atom is -0.493 e. The summed E-state index contributed by atoms with van der Waals surface area (Å²) in [4.78, 5) is 15.5. The van der Waals surface area contributed by atoms with E-state index in [4.69, 9.17) is 23.7 Å². The second-order valence-corrected chi connectivity index (χ2v) is 7.58. The van der Waals surface area contributed by atoms with Crippen LogP contribution >= 0.6 is 0 Å². The van der Waals surface area contributed by atoms with Gasteiger partial charge in [-0.2, -0.15) is 0 Å². The summed E-state index contributed by atoms with van der Waals surface area (Å²) in [5, 5.41) is 9.47. The van der Waals surface area contributed by atoms with Crippen LogP contribution in [0.25, 0.3) is 22.1 Å². The average molecular weight is 425 g/mol. The lowest BCUT2D eigenvalue weighted by Gasteiger charge is -2.29. The van der Waals surface area contributed by atoms with E-state index in [9.17, 15) is 4.79 Å². The fourth-order valence-electron chi connectivity index (χ4n) is 3.93. The molecule has 0 unspecified atom stereocenters. The monoisotopic (exact) mass is 425 g/mol. The molecule has 0 fully saturated rings. The maximum absolute atomic E-state index is 13.3. The summed E-state index contributed by atoms with van der Waals surface area (Å²) in [7, 11) is 3.13. The van der Waals surface area contributed by atoms with E-state index in [1.165, 1.54) is 6.26 Å².